The van der Waals surface area contributed by atoms with Crippen molar-refractivity contribution >= 4 is 45.3 Å². The molecule has 0 spiro atoms. The number of aromatic hydroxyl groups is 1. The first-order valence-electron chi connectivity index (χ1n) is 9.69. The van der Waals surface area contributed by atoms with Gasteiger partial charge in [0, 0.05) is 16.7 Å². The number of benzene rings is 3. The number of nitrogens with zero attached hydrogens (tertiary/aromatic N) is 3. The molecule has 0 saturated heterocycles. The number of para-hydroxylation sites is 2. The monoisotopic (exact) mass is 445 g/mol. The van der Waals surface area contributed by atoms with Gasteiger partial charge >= 0.3 is 0 Å². The topological polar surface area (TPSA) is 106 Å². The first-order chi connectivity index (χ1) is 15.6. The molecule has 0 aliphatic carbocycles. The number of fused-ring (bicyclic) bond motifs is 2. The second kappa shape index (κ2) is 8.27. The van der Waals surface area contributed by atoms with E-state index in [9.17, 15) is 14.3 Å². The van der Waals surface area contributed by atoms with E-state index < -0.39 is 11.7 Å². The maximum atomic E-state index is 13.5. The zero-order valence-corrected chi connectivity index (χ0v) is 17.4. The number of nitrogens with one attached hydrogen (secondary N) is 2. The Morgan fingerprint density at radius 1 is 1.03 bits per heavy atom. The number of thioether (sulfide) groups is 1. The van der Waals surface area contributed by atoms with Gasteiger partial charge in [-0.05, 0) is 48.0 Å². The number of aromatic amines is 2. The summed E-state index contributed by atoms with van der Waals surface area (Å²) >= 11 is 1.57. The summed E-state index contributed by atoms with van der Waals surface area (Å²) in [7, 11) is 0. The summed E-state index contributed by atoms with van der Waals surface area (Å²) in [6.45, 7) is 0. The minimum atomic E-state index is -0.563. The second-order valence-electron chi connectivity index (χ2n) is 7.06. The van der Waals surface area contributed by atoms with Crippen LogP contribution in [0.5, 0.6) is 5.88 Å². The van der Waals surface area contributed by atoms with Crippen molar-refractivity contribution in [2.75, 3.05) is 0 Å². The van der Waals surface area contributed by atoms with E-state index in [4.69, 9.17) is 0 Å². The quantitative estimate of drug-likeness (QED) is 0.224. The van der Waals surface area contributed by atoms with Crippen molar-refractivity contribution in [2.24, 2.45) is 10.2 Å². The standard InChI is InChI=1S/C23H16FN5O2S/c24-15-9-10-17-16(11-15)20(22(31)25-17)28-29-21(30)14-7-5-13(6-8-14)12-32-23-26-18-3-1-2-4-19(18)27-23/h1-11,25,31H,12H2,(H,26,27). The zero-order valence-electron chi connectivity index (χ0n) is 16.5. The van der Waals surface area contributed by atoms with Crippen LogP contribution in [0, 0.1) is 5.82 Å². The molecule has 1 amide bonds. The SMILES string of the molecule is O=C(N=Nc1c(O)[nH]c2ccc(F)cc12)c1ccc(CSc2nc3ccccc3[nH]2)cc1. The molecule has 32 heavy (non-hydrogen) atoms. The number of carbonyl (C=O) groups is 1. The average Bonchev–Trinajstić information content (AvgIpc) is 3.36. The van der Waals surface area contributed by atoms with Crippen LogP contribution >= 0.6 is 11.8 Å². The van der Waals surface area contributed by atoms with E-state index in [1.54, 1.807) is 23.9 Å². The minimum Gasteiger partial charge on any atom is -0.493 e. The molecule has 0 aliphatic heterocycles. The lowest BCUT2D eigenvalue weighted by molar-refractivity contribution is 0.0995. The summed E-state index contributed by atoms with van der Waals surface area (Å²) in [5.41, 5.74) is 3.81. The Morgan fingerprint density at radius 3 is 2.66 bits per heavy atom. The number of azo groups is 1. The molecule has 0 atom stereocenters. The van der Waals surface area contributed by atoms with Gasteiger partial charge in [-0.25, -0.2) is 9.37 Å². The van der Waals surface area contributed by atoms with Crippen molar-refractivity contribution < 1.29 is 14.3 Å². The van der Waals surface area contributed by atoms with Gasteiger partial charge in [-0.1, -0.05) is 36.0 Å². The third kappa shape index (κ3) is 3.97. The summed E-state index contributed by atoms with van der Waals surface area (Å²) in [5, 5.41) is 18.7. The molecule has 7 nitrogen and oxygen atoms in total. The maximum absolute atomic E-state index is 13.5. The highest BCUT2D eigenvalue weighted by molar-refractivity contribution is 7.98. The smallest absolute Gasteiger partial charge is 0.295 e. The lowest BCUT2D eigenvalue weighted by atomic mass is 10.1. The molecular weight excluding hydrogens is 429 g/mol. The molecule has 158 valence electrons. The van der Waals surface area contributed by atoms with Crippen molar-refractivity contribution in [3.63, 3.8) is 0 Å². The van der Waals surface area contributed by atoms with E-state index in [2.05, 4.69) is 25.2 Å². The summed E-state index contributed by atoms with van der Waals surface area (Å²) < 4.78 is 13.5. The molecular formula is C23H16FN5O2S. The predicted octanol–water partition coefficient (Wildman–Crippen LogP) is 6.11. The fraction of sp³-hybridized carbons (Fsp3) is 0.0435. The summed E-state index contributed by atoms with van der Waals surface area (Å²) in [5.74, 6) is -0.632. The first-order valence-corrected chi connectivity index (χ1v) is 10.7. The van der Waals surface area contributed by atoms with E-state index >= 15 is 0 Å². The molecule has 9 heteroatoms. The van der Waals surface area contributed by atoms with Crippen LogP contribution in [0.2, 0.25) is 0 Å². The highest BCUT2D eigenvalue weighted by atomic mass is 32.2. The molecule has 5 rings (SSSR count). The van der Waals surface area contributed by atoms with Gasteiger partial charge in [-0.3, -0.25) is 4.79 Å². The van der Waals surface area contributed by atoms with Gasteiger partial charge in [0.05, 0.1) is 16.6 Å². The Labute approximate surface area is 185 Å². The summed E-state index contributed by atoms with van der Waals surface area (Å²) in [6, 6.07) is 18.8. The molecule has 0 radical (unpaired) electrons. The minimum absolute atomic E-state index is 0.0201. The second-order valence-corrected chi connectivity index (χ2v) is 8.03. The molecule has 0 bridgehead atoms. The number of amides is 1. The van der Waals surface area contributed by atoms with Gasteiger partial charge in [-0.2, -0.15) is 0 Å². The summed E-state index contributed by atoms with van der Waals surface area (Å²) in [6.07, 6.45) is 0. The Balaban J connectivity index is 1.27. The number of aromatic nitrogens is 3. The van der Waals surface area contributed by atoms with E-state index in [-0.39, 0.29) is 11.6 Å². The highest BCUT2D eigenvalue weighted by Gasteiger charge is 2.12. The fourth-order valence-corrected chi connectivity index (χ4v) is 4.12. The number of hydrogen-bond donors (Lipinski definition) is 3. The van der Waals surface area contributed by atoms with E-state index in [0.717, 1.165) is 21.8 Å². The largest absolute Gasteiger partial charge is 0.493 e. The number of hydrogen-bond acceptors (Lipinski definition) is 5. The Kier molecular flexibility index (Phi) is 5.16. The first kappa shape index (κ1) is 20.0. The molecule has 3 N–H and O–H groups in total. The van der Waals surface area contributed by atoms with Gasteiger partial charge < -0.3 is 15.1 Å². The third-order valence-corrected chi connectivity index (χ3v) is 5.84. The Morgan fingerprint density at radius 2 is 1.84 bits per heavy atom. The fourth-order valence-electron chi connectivity index (χ4n) is 3.28. The molecule has 2 aromatic heterocycles. The lowest BCUT2D eigenvalue weighted by Gasteiger charge is -2.00. The Hall–Kier alpha value is -3.98. The van der Waals surface area contributed by atoms with Crippen LogP contribution in [-0.4, -0.2) is 26.0 Å². The maximum Gasteiger partial charge on any atom is 0.295 e. The molecule has 2 heterocycles. The molecule has 5 aromatic rings. The van der Waals surface area contributed by atoms with Gasteiger partial charge in [0.1, 0.15) is 5.82 Å². The van der Waals surface area contributed by atoms with Gasteiger partial charge in [-0.15, -0.1) is 10.2 Å². The molecule has 0 fully saturated rings. The summed E-state index contributed by atoms with van der Waals surface area (Å²) in [4.78, 5) is 22.9. The van der Waals surface area contributed by atoms with Crippen molar-refractivity contribution in [2.45, 2.75) is 10.9 Å². The van der Waals surface area contributed by atoms with Crippen LogP contribution in [0.4, 0.5) is 10.1 Å². The van der Waals surface area contributed by atoms with Crippen LogP contribution in [0.15, 0.2) is 82.1 Å². The molecule has 0 unspecified atom stereocenters. The van der Waals surface area contributed by atoms with Crippen LogP contribution in [0.3, 0.4) is 0 Å². The number of halogens is 1. The number of imidazole rings is 1. The van der Waals surface area contributed by atoms with Crippen LogP contribution in [0.25, 0.3) is 21.9 Å². The normalized spacial score (nSPS) is 11.7. The van der Waals surface area contributed by atoms with Crippen molar-refractivity contribution in [1.29, 1.82) is 0 Å². The van der Waals surface area contributed by atoms with Crippen LogP contribution in [0.1, 0.15) is 15.9 Å². The zero-order chi connectivity index (χ0) is 22.1. The van der Waals surface area contributed by atoms with E-state index in [1.807, 2.05) is 36.4 Å². The van der Waals surface area contributed by atoms with Crippen molar-refractivity contribution in [3.05, 3.63) is 83.7 Å². The molecule has 3 aromatic carbocycles. The highest BCUT2D eigenvalue weighted by Crippen LogP contribution is 2.35. The lowest BCUT2D eigenvalue weighted by Crippen LogP contribution is -1.94. The number of H-pyrrole nitrogens is 2. The number of rotatable bonds is 5. The van der Waals surface area contributed by atoms with E-state index in [0.29, 0.717) is 22.2 Å². The van der Waals surface area contributed by atoms with Crippen molar-refractivity contribution in [3.8, 4) is 5.88 Å². The van der Waals surface area contributed by atoms with Gasteiger partial charge in [0.25, 0.3) is 5.91 Å². The average molecular weight is 445 g/mol. The van der Waals surface area contributed by atoms with Crippen molar-refractivity contribution in [1.82, 2.24) is 15.0 Å². The Bertz CT molecular complexity index is 1440. The van der Waals surface area contributed by atoms with Gasteiger partial charge in [0.2, 0.25) is 5.88 Å². The third-order valence-electron chi connectivity index (χ3n) is 4.90. The number of carbonyl (C=O) groups excluding carboxylic acids is 1. The molecule has 0 saturated carbocycles. The molecule has 0 aliphatic rings. The predicted molar refractivity (Wildman–Crippen MR) is 121 cm³/mol. The van der Waals surface area contributed by atoms with Gasteiger partial charge in [0.15, 0.2) is 10.8 Å². The van der Waals surface area contributed by atoms with Crippen LogP contribution in [-0.2, 0) is 5.75 Å². The van der Waals surface area contributed by atoms with Crippen LogP contribution < -0.4 is 0 Å². The van der Waals surface area contributed by atoms with E-state index in [1.165, 1.54) is 18.2 Å².